The van der Waals surface area contributed by atoms with Crippen LogP contribution in [-0.2, 0) is 0 Å². The van der Waals surface area contributed by atoms with Gasteiger partial charge in [-0.25, -0.2) is 9.97 Å². The van der Waals surface area contributed by atoms with Gasteiger partial charge in [-0.1, -0.05) is 43.3 Å². The van der Waals surface area contributed by atoms with Gasteiger partial charge in [-0.15, -0.1) is 0 Å². The van der Waals surface area contributed by atoms with Crippen LogP contribution in [0.15, 0.2) is 60.9 Å². The largest absolute Gasteiger partial charge is 0.493 e. The van der Waals surface area contributed by atoms with Crippen molar-refractivity contribution in [2.24, 2.45) is 0 Å². The van der Waals surface area contributed by atoms with E-state index in [0.29, 0.717) is 29.5 Å². The minimum atomic E-state index is -0.234. The number of nitrogens with one attached hydrogen (secondary N) is 1. The molecule has 6 nitrogen and oxygen atoms in total. The Hall–Kier alpha value is -3.41. The normalized spacial score (nSPS) is 11.6. The third-order valence-electron chi connectivity index (χ3n) is 4.44. The van der Waals surface area contributed by atoms with Gasteiger partial charge < -0.3 is 14.8 Å². The number of hydrogen-bond acceptors (Lipinski definition) is 5. The van der Waals surface area contributed by atoms with Crippen molar-refractivity contribution >= 4 is 5.91 Å². The van der Waals surface area contributed by atoms with Gasteiger partial charge in [-0.2, -0.15) is 0 Å². The number of ether oxygens (including phenoxy) is 2. The standard InChI is InChI=1S/C23H25N3O3/c1-4-12-29-20-11-10-18(13-21(20)28-3)16(2)26-23(27)19-14-24-22(25-15-19)17-8-6-5-7-9-17/h5-11,13-16H,4,12H2,1-3H3,(H,26,27). The van der Waals surface area contributed by atoms with E-state index in [-0.39, 0.29) is 11.9 Å². The second-order valence-electron chi connectivity index (χ2n) is 6.62. The monoisotopic (exact) mass is 391 g/mol. The summed E-state index contributed by atoms with van der Waals surface area (Å²) in [7, 11) is 1.60. The Balaban J connectivity index is 1.68. The Labute approximate surface area is 170 Å². The molecular formula is C23H25N3O3. The highest BCUT2D eigenvalue weighted by molar-refractivity contribution is 5.94. The summed E-state index contributed by atoms with van der Waals surface area (Å²) in [5.41, 5.74) is 2.23. The van der Waals surface area contributed by atoms with Crippen molar-refractivity contribution in [1.82, 2.24) is 15.3 Å². The number of methoxy groups -OCH3 is 1. The Kier molecular flexibility index (Phi) is 6.79. The third kappa shape index (κ3) is 5.10. The first kappa shape index (κ1) is 20.3. The highest BCUT2D eigenvalue weighted by Crippen LogP contribution is 2.30. The molecule has 1 N–H and O–H groups in total. The van der Waals surface area contributed by atoms with Crippen LogP contribution in [0.3, 0.4) is 0 Å². The molecule has 2 aromatic carbocycles. The predicted molar refractivity (Wildman–Crippen MR) is 112 cm³/mol. The van der Waals surface area contributed by atoms with Crippen molar-refractivity contribution in [2.75, 3.05) is 13.7 Å². The van der Waals surface area contributed by atoms with E-state index in [1.807, 2.05) is 55.5 Å². The zero-order chi connectivity index (χ0) is 20.6. The molecule has 0 saturated heterocycles. The molecule has 1 unspecified atom stereocenters. The number of carbonyl (C=O) groups excluding carboxylic acids is 1. The van der Waals surface area contributed by atoms with Gasteiger partial charge in [0.1, 0.15) is 0 Å². The topological polar surface area (TPSA) is 73.3 Å². The molecule has 6 heteroatoms. The summed E-state index contributed by atoms with van der Waals surface area (Å²) in [5.74, 6) is 1.69. The van der Waals surface area contributed by atoms with Crippen LogP contribution in [0, 0.1) is 0 Å². The fourth-order valence-electron chi connectivity index (χ4n) is 2.83. The molecule has 1 atom stereocenters. The van der Waals surface area contributed by atoms with Crippen LogP contribution in [0.25, 0.3) is 11.4 Å². The average Bonchev–Trinajstić information content (AvgIpc) is 2.78. The van der Waals surface area contributed by atoms with Crippen molar-refractivity contribution < 1.29 is 14.3 Å². The molecule has 29 heavy (non-hydrogen) atoms. The van der Waals surface area contributed by atoms with Crippen molar-refractivity contribution in [2.45, 2.75) is 26.3 Å². The quantitative estimate of drug-likeness (QED) is 0.615. The lowest BCUT2D eigenvalue weighted by Crippen LogP contribution is -2.27. The lowest BCUT2D eigenvalue weighted by atomic mass is 10.1. The smallest absolute Gasteiger partial charge is 0.254 e. The second kappa shape index (κ2) is 9.68. The molecule has 0 bridgehead atoms. The molecular weight excluding hydrogens is 366 g/mol. The van der Waals surface area contributed by atoms with Crippen LogP contribution in [0.1, 0.15) is 42.2 Å². The maximum absolute atomic E-state index is 12.6. The predicted octanol–water partition coefficient (Wildman–Crippen LogP) is 4.43. The number of hydrogen-bond donors (Lipinski definition) is 1. The fraction of sp³-hybridized carbons (Fsp3) is 0.261. The third-order valence-corrected chi connectivity index (χ3v) is 4.44. The fourth-order valence-corrected chi connectivity index (χ4v) is 2.83. The van der Waals surface area contributed by atoms with E-state index in [4.69, 9.17) is 9.47 Å². The molecule has 1 amide bonds. The van der Waals surface area contributed by atoms with Crippen molar-refractivity contribution in [3.8, 4) is 22.9 Å². The Morgan fingerprint density at radius 3 is 2.45 bits per heavy atom. The van der Waals surface area contributed by atoms with Gasteiger partial charge in [-0.3, -0.25) is 4.79 Å². The first-order valence-corrected chi connectivity index (χ1v) is 9.61. The number of aromatic nitrogens is 2. The van der Waals surface area contributed by atoms with Crippen LogP contribution < -0.4 is 14.8 Å². The van der Waals surface area contributed by atoms with Crippen molar-refractivity contribution in [3.63, 3.8) is 0 Å². The van der Waals surface area contributed by atoms with Gasteiger partial charge in [-0.05, 0) is 31.0 Å². The number of carbonyl (C=O) groups is 1. The van der Waals surface area contributed by atoms with E-state index in [1.165, 1.54) is 0 Å². The molecule has 150 valence electrons. The summed E-state index contributed by atoms with van der Waals surface area (Å²) in [6, 6.07) is 15.1. The number of benzene rings is 2. The summed E-state index contributed by atoms with van der Waals surface area (Å²) < 4.78 is 11.1. The average molecular weight is 391 g/mol. The summed E-state index contributed by atoms with van der Waals surface area (Å²) in [4.78, 5) is 21.2. The van der Waals surface area contributed by atoms with Crippen LogP contribution >= 0.6 is 0 Å². The van der Waals surface area contributed by atoms with E-state index >= 15 is 0 Å². The minimum absolute atomic E-state index is 0.217. The Morgan fingerprint density at radius 1 is 1.07 bits per heavy atom. The Bertz CT molecular complexity index is 943. The molecule has 0 radical (unpaired) electrons. The van der Waals surface area contributed by atoms with E-state index < -0.39 is 0 Å². The number of amides is 1. The zero-order valence-corrected chi connectivity index (χ0v) is 16.9. The molecule has 1 heterocycles. The maximum atomic E-state index is 12.6. The number of rotatable bonds is 8. The van der Waals surface area contributed by atoms with E-state index in [9.17, 15) is 4.79 Å². The zero-order valence-electron chi connectivity index (χ0n) is 16.9. The molecule has 0 saturated carbocycles. The molecule has 0 aliphatic heterocycles. The lowest BCUT2D eigenvalue weighted by Gasteiger charge is -2.17. The highest BCUT2D eigenvalue weighted by Gasteiger charge is 2.15. The van der Waals surface area contributed by atoms with Gasteiger partial charge >= 0.3 is 0 Å². The van der Waals surface area contributed by atoms with Crippen molar-refractivity contribution in [3.05, 3.63) is 72.1 Å². The summed E-state index contributed by atoms with van der Waals surface area (Å²) in [6.45, 7) is 4.59. The lowest BCUT2D eigenvalue weighted by molar-refractivity contribution is 0.0939. The van der Waals surface area contributed by atoms with E-state index in [0.717, 1.165) is 17.5 Å². The first-order chi connectivity index (χ1) is 14.1. The minimum Gasteiger partial charge on any atom is -0.493 e. The summed E-state index contributed by atoms with van der Waals surface area (Å²) in [5, 5.41) is 2.97. The van der Waals surface area contributed by atoms with Gasteiger partial charge in [0.05, 0.1) is 25.3 Å². The molecule has 0 spiro atoms. The van der Waals surface area contributed by atoms with Crippen LogP contribution in [-0.4, -0.2) is 29.6 Å². The molecule has 3 aromatic rings. The van der Waals surface area contributed by atoms with E-state index in [1.54, 1.807) is 19.5 Å². The number of nitrogens with zero attached hydrogens (tertiary/aromatic N) is 2. The molecule has 0 fully saturated rings. The SMILES string of the molecule is CCCOc1ccc(C(C)NC(=O)c2cnc(-c3ccccc3)nc2)cc1OC. The van der Waals surface area contributed by atoms with Crippen LogP contribution in [0.5, 0.6) is 11.5 Å². The maximum Gasteiger partial charge on any atom is 0.254 e. The van der Waals surface area contributed by atoms with E-state index in [2.05, 4.69) is 22.2 Å². The van der Waals surface area contributed by atoms with Crippen molar-refractivity contribution in [1.29, 1.82) is 0 Å². The summed E-state index contributed by atoms with van der Waals surface area (Å²) in [6.07, 6.45) is 4.00. The van der Waals surface area contributed by atoms with Crippen LogP contribution in [0.4, 0.5) is 0 Å². The molecule has 0 aliphatic rings. The molecule has 1 aromatic heterocycles. The summed E-state index contributed by atoms with van der Waals surface area (Å²) >= 11 is 0. The van der Waals surface area contributed by atoms with Gasteiger partial charge in [0.2, 0.25) is 0 Å². The molecule has 0 aliphatic carbocycles. The van der Waals surface area contributed by atoms with Gasteiger partial charge in [0.15, 0.2) is 17.3 Å². The first-order valence-electron chi connectivity index (χ1n) is 9.61. The van der Waals surface area contributed by atoms with Gasteiger partial charge in [0, 0.05) is 18.0 Å². The molecule has 3 rings (SSSR count). The second-order valence-corrected chi connectivity index (χ2v) is 6.62. The van der Waals surface area contributed by atoms with Gasteiger partial charge in [0.25, 0.3) is 5.91 Å². The highest BCUT2D eigenvalue weighted by atomic mass is 16.5. The van der Waals surface area contributed by atoms with Crippen LogP contribution in [0.2, 0.25) is 0 Å². The Morgan fingerprint density at radius 2 is 1.79 bits per heavy atom.